The smallest absolute Gasteiger partial charge is 0.254 e. The van der Waals surface area contributed by atoms with Crippen molar-refractivity contribution >= 4 is 5.91 Å². The third-order valence-electron chi connectivity index (χ3n) is 4.49. The molecule has 2 aromatic carbocycles. The second kappa shape index (κ2) is 7.38. The monoisotopic (exact) mass is 387 g/mol. The molecule has 1 amide bonds. The third-order valence-corrected chi connectivity index (χ3v) is 4.49. The number of ether oxygens (including phenoxy) is 1. The van der Waals surface area contributed by atoms with Crippen LogP contribution in [0.2, 0.25) is 0 Å². The average Bonchev–Trinajstić information content (AvgIpc) is 3.10. The maximum absolute atomic E-state index is 13.4. The van der Waals surface area contributed by atoms with Crippen molar-refractivity contribution in [2.24, 2.45) is 0 Å². The van der Waals surface area contributed by atoms with Crippen LogP contribution in [-0.4, -0.2) is 27.1 Å². The summed E-state index contributed by atoms with van der Waals surface area (Å²) < 4.78 is 47.0. The number of aromatic nitrogens is 2. The van der Waals surface area contributed by atoms with Crippen LogP contribution in [0, 0.1) is 17.5 Å². The fourth-order valence-corrected chi connectivity index (χ4v) is 3.10. The van der Waals surface area contributed by atoms with Crippen molar-refractivity contribution in [2.45, 2.75) is 19.7 Å². The van der Waals surface area contributed by atoms with E-state index in [-0.39, 0.29) is 23.9 Å². The largest absolute Gasteiger partial charge is 0.487 e. The Bertz CT molecular complexity index is 1040. The average molecular weight is 387 g/mol. The van der Waals surface area contributed by atoms with Crippen molar-refractivity contribution < 1.29 is 22.7 Å². The third kappa shape index (κ3) is 3.71. The summed E-state index contributed by atoms with van der Waals surface area (Å²) in [5, 5.41) is 4.43. The number of carbonyl (C=O) groups is 1. The zero-order valence-electron chi connectivity index (χ0n) is 14.7. The maximum atomic E-state index is 13.4. The van der Waals surface area contributed by atoms with Crippen molar-refractivity contribution in [1.82, 2.24) is 14.7 Å². The topological polar surface area (TPSA) is 47.4 Å². The summed E-state index contributed by atoms with van der Waals surface area (Å²) in [6.45, 7) is 1.34. The molecule has 8 heteroatoms. The van der Waals surface area contributed by atoms with Crippen LogP contribution in [0.25, 0.3) is 0 Å². The first-order chi connectivity index (χ1) is 13.5. The Hall–Kier alpha value is -3.29. The van der Waals surface area contributed by atoms with Crippen molar-refractivity contribution in [2.75, 3.05) is 6.54 Å². The molecule has 0 atom stereocenters. The van der Waals surface area contributed by atoms with Gasteiger partial charge in [-0.05, 0) is 36.4 Å². The van der Waals surface area contributed by atoms with Gasteiger partial charge in [0, 0.05) is 18.2 Å². The van der Waals surface area contributed by atoms with Gasteiger partial charge in [0.1, 0.15) is 23.9 Å². The van der Waals surface area contributed by atoms with Crippen LogP contribution in [0.3, 0.4) is 0 Å². The normalized spacial score (nSPS) is 13.3. The van der Waals surface area contributed by atoms with Crippen LogP contribution in [0.15, 0.2) is 48.5 Å². The lowest BCUT2D eigenvalue weighted by Crippen LogP contribution is -2.38. The summed E-state index contributed by atoms with van der Waals surface area (Å²) in [5.74, 6) is -2.39. The first-order valence-electron chi connectivity index (χ1n) is 8.68. The minimum atomic E-state index is -1.05. The number of carbonyl (C=O) groups excluding carboxylic acids is 1. The highest BCUT2D eigenvalue weighted by molar-refractivity contribution is 5.94. The van der Waals surface area contributed by atoms with Crippen LogP contribution >= 0.6 is 0 Å². The zero-order valence-corrected chi connectivity index (χ0v) is 14.7. The van der Waals surface area contributed by atoms with E-state index in [9.17, 15) is 18.0 Å². The van der Waals surface area contributed by atoms with Gasteiger partial charge in [-0.1, -0.05) is 6.07 Å². The minimum absolute atomic E-state index is 0.0986. The van der Waals surface area contributed by atoms with E-state index in [4.69, 9.17) is 4.74 Å². The molecule has 0 aliphatic carbocycles. The summed E-state index contributed by atoms with van der Waals surface area (Å²) in [6.07, 6.45) is 0. The zero-order chi connectivity index (χ0) is 19.7. The molecule has 0 spiro atoms. The lowest BCUT2D eigenvalue weighted by atomic mass is 10.1. The predicted molar refractivity (Wildman–Crippen MR) is 94.1 cm³/mol. The van der Waals surface area contributed by atoms with Gasteiger partial charge in [0.05, 0.1) is 18.8 Å². The molecule has 1 aromatic heterocycles. The van der Waals surface area contributed by atoms with Crippen LogP contribution in [0.4, 0.5) is 13.2 Å². The van der Waals surface area contributed by atoms with Crippen molar-refractivity contribution in [3.8, 4) is 5.75 Å². The highest BCUT2D eigenvalue weighted by Crippen LogP contribution is 2.19. The molecule has 0 bridgehead atoms. The molecule has 144 valence electrons. The predicted octanol–water partition coefficient (Wildman–Crippen LogP) is 3.54. The number of benzene rings is 2. The summed E-state index contributed by atoms with van der Waals surface area (Å²) in [4.78, 5) is 14.1. The van der Waals surface area contributed by atoms with Crippen LogP contribution < -0.4 is 4.74 Å². The van der Waals surface area contributed by atoms with E-state index in [2.05, 4.69) is 5.10 Å². The van der Waals surface area contributed by atoms with Gasteiger partial charge < -0.3 is 9.64 Å². The molecule has 5 nitrogen and oxygen atoms in total. The van der Waals surface area contributed by atoms with E-state index in [0.717, 1.165) is 17.8 Å². The van der Waals surface area contributed by atoms with Gasteiger partial charge in [-0.25, -0.2) is 13.2 Å². The molecule has 0 fully saturated rings. The summed E-state index contributed by atoms with van der Waals surface area (Å²) in [7, 11) is 0. The Balaban J connectivity index is 1.44. The molecule has 3 aromatic rings. The number of amides is 1. The molecule has 4 rings (SSSR count). The summed E-state index contributed by atoms with van der Waals surface area (Å²) in [6, 6.07) is 10.8. The number of nitrogens with zero attached hydrogens (tertiary/aromatic N) is 3. The highest BCUT2D eigenvalue weighted by atomic mass is 19.2. The summed E-state index contributed by atoms with van der Waals surface area (Å²) in [5.41, 5.74) is 1.56. The Morgan fingerprint density at radius 1 is 1.04 bits per heavy atom. The first-order valence-corrected chi connectivity index (χ1v) is 8.68. The molecule has 0 radical (unpaired) electrons. The summed E-state index contributed by atoms with van der Waals surface area (Å²) >= 11 is 0. The number of fused-ring (bicyclic) bond motifs is 1. The van der Waals surface area contributed by atoms with E-state index in [1.807, 2.05) is 6.07 Å². The van der Waals surface area contributed by atoms with Crippen LogP contribution in [-0.2, 0) is 19.7 Å². The van der Waals surface area contributed by atoms with E-state index >= 15 is 0 Å². The van der Waals surface area contributed by atoms with Crippen molar-refractivity contribution in [3.63, 3.8) is 0 Å². The van der Waals surface area contributed by atoms with Crippen molar-refractivity contribution in [1.29, 1.82) is 0 Å². The Labute approximate surface area is 159 Å². The lowest BCUT2D eigenvalue weighted by molar-refractivity contribution is 0.0705. The Morgan fingerprint density at radius 2 is 1.89 bits per heavy atom. The number of hydrogen-bond acceptors (Lipinski definition) is 3. The molecule has 0 N–H and O–H groups in total. The van der Waals surface area contributed by atoms with Gasteiger partial charge in [0.2, 0.25) is 0 Å². The quantitative estimate of drug-likeness (QED) is 0.688. The number of rotatable bonds is 4. The van der Waals surface area contributed by atoms with Gasteiger partial charge in [0.15, 0.2) is 11.6 Å². The number of hydrogen-bond donors (Lipinski definition) is 0. The number of halogens is 3. The first kappa shape index (κ1) is 18.1. The maximum Gasteiger partial charge on any atom is 0.254 e. The molecule has 1 aliphatic heterocycles. The molecule has 28 heavy (non-hydrogen) atoms. The van der Waals surface area contributed by atoms with Gasteiger partial charge in [-0.15, -0.1) is 0 Å². The molecule has 0 saturated carbocycles. The van der Waals surface area contributed by atoms with E-state index in [0.29, 0.717) is 31.1 Å². The van der Waals surface area contributed by atoms with E-state index in [1.54, 1.807) is 21.7 Å². The van der Waals surface area contributed by atoms with Gasteiger partial charge in [0.25, 0.3) is 5.91 Å². The van der Waals surface area contributed by atoms with Gasteiger partial charge in [-0.2, -0.15) is 5.10 Å². The molecule has 0 unspecified atom stereocenters. The van der Waals surface area contributed by atoms with Gasteiger partial charge in [-0.3, -0.25) is 9.48 Å². The fraction of sp³-hybridized carbons (Fsp3) is 0.200. The molecular formula is C20H16F3N3O2. The SMILES string of the molecule is O=C(c1ccc(F)c(F)c1)N1CCn2nc(COc3cccc(F)c3)cc2C1. The van der Waals surface area contributed by atoms with Gasteiger partial charge >= 0.3 is 0 Å². The standard InChI is InChI=1S/C20H16F3N3O2/c21-14-2-1-3-17(9-14)28-12-15-10-16-11-25(6-7-26(16)24-15)20(27)13-4-5-18(22)19(23)8-13/h1-5,8-10H,6-7,11-12H2. The molecular weight excluding hydrogens is 371 g/mol. The molecule has 1 aliphatic rings. The highest BCUT2D eigenvalue weighted by Gasteiger charge is 2.24. The minimum Gasteiger partial charge on any atom is -0.487 e. The van der Waals surface area contributed by atoms with E-state index in [1.165, 1.54) is 18.2 Å². The second-order valence-electron chi connectivity index (χ2n) is 6.45. The molecule has 0 saturated heterocycles. The Morgan fingerprint density at radius 3 is 2.68 bits per heavy atom. The second-order valence-corrected chi connectivity index (χ2v) is 6.45. The molecule has 2 heterocycles. The fourth-order valence-electron chi connectivity index (χ4n) is 3.10. The lowest BCUT2D eigenvalue weighted by Gasteiger charge is -2.27. The Kier molecular flexibility index (Phi) is 4.77. The van der Waals surface area contributed by atoms with Crippen LogP contribution in [0.5, 0.6) is 5.75 Å². The van der Waals surface area contributed by atoms with Crippen LogP contribution in [0.1, 0.15) is 21.7 Å². The van der Waals surface area contributed by atoms with Crippen molar-refractivity contribution in [3.05, 3.63) is 82.9 Å². The van der Waals surface area contributed by atoms with E-state index < -0.39 is 11.6 Å².